The van der Waals surface area contributed by atoms with E-state index < -0.39 is 0 Å². The Kier molecular flexibility index (Phi) is 4.27. The van der Waals surface area contributed by atoms with Crippen LogP contribution in [0.4, 0.5) is 0 Å². The fourth-order valence-corrected chi connectivity index (χ4v) is 2.61. The summed E-state index contributed by atoms with van der Waals surface area (Å²) in [7, 11) is 5.64. The highest BCUT2D eigenvalue weighted by molar-refractivity contribution is 9.10. The van der Waals surface area contributed by atoms with E-state index in [9.17, 15) is 0 Å². The second-order valence-electron chi connectivity index (χ2n) is 4.40. The Labute approximate surface area is 121 Å². The van der Waals surface area contributed by atoms with Gasteiger partial charge < -0.3 is 14.6 Å². The van der Waals surface area contributed by atoms with E-state index in [-0.39, 0.29) is 0 Å². The van der Waals surface area contributed by atoms with Gasteiger partial charge in [-0.25, -0.2) is 4.98 Å². The summed E-state index contributed by atoms with van der Waals surface area (Å²) in [5, 5.41) is 3.13. The van der Waals surface area contributed by atoms with Crippen LogP contribution in [0.5, 0.6) is 5.75 Å². The molecule has 0 aliphatic heterocycles. The minimum absolute atomic E-state index is 0.744. The molecule has 0 bridgehead atoms. The maximum absolute atomic E-state index is 5.46. The Hall–Kier alpha value is -1.33. The number of benzene rings is 1. The van der Waals surface area contributed by atoms with E-state index in [1.165, 1.54) is 0 Å². The number of aromatic nitrogens is 2. The summed E-state index contributed by atoms with van der Waals surface area (Å²) in [6.45, 7) is 2.77. The standard InChI is InChI=1S/C14H18BrN3O/c1-9-14(18(3)13(17-9)8-16-2)11-7-10(15)5-6-12(11)19-4/h5-7,16H,8H2,1-4H3. The quantitative estimate of drug-likeness (QED) is 0.940. The lowest BCUT2D eigenvalue weighted by Gasteiger charge is -2.11. The summed E-state index contributed by atoms with van der Waals surface area (Å²) in [5.41, 5.74) is 3.14. The fraction of sp³-hybridized carbons (Fsp3) is 0.357. The third-order valence-corrected chi connectivity index (χ3v) is 3.61. The summed E-state index contributed by atoms with van der Waals surface area (Å²) in [6, 6.07) is 6.00. The predicted molar refractivity (Wildman–Crippen MR) is 80.4 cm³/mol. The van der Waals surface area contributed by atoms with E-state index in [0.29, 0.717) is 0 Å². The van der Waals surface area contributed by atoms with Gasteiger partial charge in [-0.15, -0.1) is 0 Å². The lowest BCUT2D eigenvalue weighted by molar-refractivity contribution is 0.416. The molecule has 0 fully saturated rings. The topological polar surface area (TPSA) is 39.1 Å². The molecular formula is C14H18BrN3O. The number of halogens is 1. The molecule has 2 aromatic rings. The molecule has 0 saturated carbocycles. The van der Waals surface area contributed by atoms with Crippen molar-refractivity contribution in [2.24, 2.45) is 7.05 Å². The van der Waals surface area contributed by atoms with Gasteiger partial charge in [-0.2, -0.15) is 0 Å². The summed E-state index contributed by atoms with van der Waals surface area (Å²) in [5.74, 6) is 1.86. The predicted octanol–water partition coefficient (Wildman–Crippen LogP) is 2.89. The largest absolute Gasteiger partial charge is 0.496 e. The Morgan fingerprint density at radius 2 is 2.16 bits per heavy atom. The van der Waals surface area contributed by atoms with Crippen LogP contribution in [0.25, 0.3) is 11.3 Å². The van der Waals surface area contributed by atoms with Crippen LogP contribution in [0.2, 0.25) is 0 Å². The Morgan fingerprint density at radius 3 is 2.79 bits per heavy atom. The minimum Gasteiger partial charge on any atom is -0.496 e. The lowest BCUT2D eigenvalue weighted by Crippen LogP contribution is -2.10. The fourth-order valence-electron chi connectivity index (χ4n) is 2.25. The van der Waals surface area contributed by atoms with Crippen LogP contribution in [-0.4, -0.2) is 23.7 Å². The number of imidazole rings is 1. The molecule has 2 rings (SSSR count). The van der Waals surface area contributed by atoms with Crippen LogP contribution in [-0.2, 0) is 13.6 Å². The van der Waals surface area contributed by atoms with Gasteiger partial charge in [0.05, 0.1) is 25.0 Å². The molecule has 1 aromatic carbocycles. The van der Waals surface area contributed by atoms with Crippen molar-refractivity contribution in [3.05, 3.63) is 34.2 Å². The first-order valence-electron chi connectivity index (χ1n) is 6.09. The van der Waals surface area contributed by atoms with Crippen LogP contribution in [0.15, 0.2) is 22.7 Å². The Morgan fingerprint density at radius 1 is 1.42 bits per heavy atom. The van der Waals surface area contributed by atoms with Gasteiger partial charge in [0.25, 0.3) is 0 Å². The highest BCUT2D eigenvalue weighted by atomic mass is 79.9. The van der Waals surface area contributed by atoms with E-state index in [1.807, 2.05) is 33.2 Å². The molecule has 0 aliphatic rings. The average Bonchev–Trinajstić information content (AvgIpc) is 2.65. The van der Waals surface area contributed by atoms with Crippen molar-refractivity contribution in [2.45, 2.75) is 13.5 Å². The molecule has 19 heavy (non-hydrogen) atoms. The monoisotopic (exact) mass is 323 g/mol. The minimum atomic E-state index is 0.744. The van der Waals surface area contributed by atoms with Crippen molar-refractivity contribution in [3.8, 4) is 17.0 Å². The number of nitrogens with zero attached hydrogens (tertiary/aromatic N) is 2. The van der Waals surface area contributed by atoms with Gasteiger partial charge in [0.2, 0.25) is 0 Å². The molecule has 1 N–H and O–H groups in total. The van der Waals surface area contributed by atoms with Gasteiger partial charge in [-0.1, -0.05) is 15.9 Å². The van der Waals surface area contributed by atoms with E-state index in [4.69, 9.17) is 4.74 Å². The Balaban J connectivity index is 2.61. The number of aryl methyl sites for hydroxylation is 1. The molecule has 0 spiro atoms. The number of ether oxygens (including phenoxy) is 1. The van der Waals surface area contributed by atoms with Crippen LogP contribution < -0.4 is 10.1 Å². The van der Waals surface area contributed by atoms with E-state index in [1.54, 1.807) is 7.11 Å². The summed E-state index contributed by atoms with van der Waals surface area (Å²) in [6.07, 6.45) is 0. The van der Waals surface area contributed by atoms with E-state index in [2.05, 4.69) is 36.9 Å². The van der Waals surface area contributed by atoms with E-state index >= 15 is 0 Å². The maximum Gasteiger partial charge on any atom is 0.128 e. The van der Waals surface area contributed by atoms with Crippen molar-refractivity contribution in [1.82, 2.24) is 14.9 Å². The molecule has 102 valence electrons. The van der Waals surface area contributed by atoms with Gasteiger partial charge in [0, 0.05) is 17.1 Å². The molecular weight excluding hydrogens is 306 g/mol. The zero-order chi connectivity index (χ0) is 14.0. The van der Waals surface area contributed by atoms with Crippen molar-refractivity contribution in [3.63, 3.8) is 0 Å². The highest BCUT2D eigenvalue weighted by Crippen LogP contribution is 2.34. The maximum atomic E-state index is 5.46. The zero-order valence-corrected chi connectivity index (χ0v) is 13.2. The van der Waals surface area contributed by atoms with Crippen LogP contribution in [0, 0.1) is 6.92 Å². The average molecular weight is 324 g/mol. The SMILES string of the molecule is CNCc1nc(C)c(-c2cc(Br)ccc2OC)n1C. The highest BCUT2D eigenvalue weighted by Gasteiger charge is 2.16. The molecule has 0 saturated heterocycles. The molecule has 0 amide bonds. The van der Waals surface area contributed by atoms with Gasteiger partial charge in [-0.3, -0.25) is 0 Å². The molecule has 1 heterocycles. The van der Waals surface area contributed by atoms with E-state index in [0.717, 1.165) is 39.5 Å². The number of methoxy groups -OCH3 is 1. The normalized spacial score (nSPS) is 10.8. The van der Waals surface area contributed by atoms with Crippen molar-refractivity contribution in [1.29, 1.82) is 0 Å². The summed E-state index contributed by atoms with van der Waals surface area (Å²) in [4.78, 5) is 4.61. The zero-order valence-electron chi connectivity index (χ0n) is 11.6. The molecule has 0 atom stereocenters. The molecule has 0 radical (unpaired) electrons. The second-order valence-corrected chi connectivity index (χ2v) is 5.31. The number of rotatable bonds is 4. The molecule has 4 nitrogen and oxygen atoms in total. The summed E-state index contributed by atoms with van der Waals surface area (Å²) < 4.78 is 8.59. The second kappa shape index (κ2) is 5.75. The molecule has 0 unspecified atom stereocenters. The van der Waals surface area contributed by atoms with Crippen LogP contribution >= 0.6 is 15.9 Å². The smallest absolute Gasteiger partial charge is 0.128 e. The van der Waals surface area contributed by atoms with Gasteiger partial charge in [0.1, 0.15) is 11.6 Å². The third kappa shape index (κ3) is 2.67. The number of hydrogen-bond donors (Lipinski definition) is 1. The number of hydrogen-bond acceptors (Lipinski definition) is 3. The Bertz CT molecular complexity index is 593. The lowest BCUT2D eigenvalue weighted by atomic mass is 10.1. The first-order valence-corrected chi connectivity index (χ1v) is 6.88. The molecule has 0 aliphatic carbocycles. The van der Waals surface area contributed by atoms with Gasteiger partial charge in [-0.05, 0) is 32.2 Å². The van der Waals surface area contributed by atoms with Crippen molar-refractivity contribution in [2.75, 3.05) is 14.2 Å². The van der Waals surface area contributed by atoms with Gasteiger partial charge >= 0.3 is 0 Å². The van der Waals surface area contributed by atoms with Crippen molar-refractivity contribution >= 4 is 15.9 Å². The molecule has 1 aromatic heterocycles. The summed E-state index contributed by atoms with van der Waals surface area (Å²) >= 11 is 3.51. The van der Waals surface area contributed by atoms with Gasteiger partial charge in [0.15, 0.2) is 0 Å². The number of nitrogens with one attached hydrogen (secondary N) is 1. The van der Waals surface area contributed by atoms with Crippen molar-refractivity contribution < 1.29 is 4.74 Å². The third-order valence-electron chi connectivity index (χ3n) is 3.11. The van der Waals surface area contributed by atoms with Crippen LogP contribution in [0.3, 0.4) is 0 Å². The first-order chi connectivity index (χ1) is 9.08. The molecule has 5 heteroatoms. The first kappa shape index (κ1) is 14.1. The van der Waals surface area contributed by atoms with Crippen LogP contribution in [0.1, 0.15) is 11.5 Å².